The monoisotopic (exact) mass is 484 g/mol. The lowest BCUT2D eigenvalue weighted by molar-refractivity contribution is -0.384. The van der Waals surface area contributed by atoms with Crippen LogP contribution in [0.3, 0.4) is 0 Å². The Kier molecular flexibility index (Phi) is 5.92. The molecule has 1 N–H and O–H groups in total. The molecule has 1 fully saturated rings. The maximum Gasteiger partial charge on any atom is 0.269 e. The molecule has 2 aromatic carbocycles. The molecule has 0 spiro atoms. The van der Waals surface area contributed by atoms with E-state index in [0.717, 1.165) is 28.5 Å². The second-order valence-electron chi connectivity index (χ2n) is 8.48. The van der Waals surface area contributed by atoms with Crippen LogP contribution in [-0.4, -0.2) is 33.7 Å². The van der Waals surface area contributed by atoms with Gasteiger partial charge >= 0.3 is 0 Å². The van der Waals surface area contributed by atoms with Gasteiger partial charge in [0.2, 0.25) is 0 Å². The van der Waals surface area contributed by atoms with Gasteiger partial charge in [-0.3, -0.25) is 15.1 Å². The number of nitrogens with zero attached hydrogens (tertiary/aromatic N) is 5. The van der Waals surface area contributed by atoms with Gasteiger partial charge in [-0.05, 0) is 72.9 Å². The van der Waals surface area contributed by atoms with Crippen molar-refractivity contribution in [2.45, 2.75) is 12.1 Å². The highest BCUT2D eigenvalue weighted by Gasteiger charge is 2.42. The van der Waals surface area contributed by atoms with E-state index in [-0.39, 0.29) is 17.8 Å². The van der Waals surface area contributed by atoms with E-state index in [9.17, 15) is 10.1 Å². The Morgan fingerprint density at radius 3 is 2.31 bits per heavy atom. The average molecular weight is 485 g/mol. The van der Waals surface area contributed by atoms with E-state index < -0.39 is 4.92 Å². The molecular weight excluding hydrogens is 460 g/mol. The van der Waals surface area contributed by atoms with Crippen LogP contribution >= 0.6 is 12.2 Å². The van der Waals surface area contributed by atoms with Gasteiger partial charge in [-0.2, -0.15) is 0 Å². The Morgan fingerprint density at radius 1 is 0.971 bits per heavy atom. The van der Waals surface area contributed by atoms with Crippen molar-refractivity contribution >= 4 is 34.4 Å². The molecule has 1 saturated heterocycles. The fourth-order valence-corrected chi connectivity index (χ4v) is 4.80. The second kappa shape index (κ2) is 9.19. The number of non-ortho nitro benzene ring substituents is 1. The average Bonchev–Trinajstić information content (AvgIpc) is 3.49. The highest BCUT2D eigenvalue weighted by Crippen LogP contribution is 2.42. The minimum Gasteiger partial charge on any atom is -0.378 e. The third kappa shape index (κ3) is 4.22. The molecule has 9 heteroatoms. The van der Waals surface area contributed by atoms with Crippen LogP contribution in [0.25, 0.3) is 5.69 Å². The summed E-state index contributed by atoms with van der Waals surface area (Å²) in [6.07, 6.45) is 3.74. The maximum absolute atomic E-state index is 11.1. The summed E-state index contributed by atoms with van der Waals surface area (Å²) < 4.78 is 2.04. The number of nitro groups is 1. The molecule has 3 heterocycles. The number of hydrogen-bond acceptors (Lipinski definition) is 5. The number of anilines is 2. The van der Waals surface area contributed by atoms with E-state index in [1.165, 1.54) is 12.1 Å². The highest BCUT2D eigenvalue weighted by molar-refractivity contribution is 7.80. The summed E-state index contributed by atoms with van der Waals surface area (Å²) in [7, 11) is 4.02. The number of nitro benzene ring substituents is 1. The van der Waals surface area contributed by atoms with Crippen LogP contribution in [0, 0.1) is 10.1 Å². The summed E-state index contributed by atoms with van der Waals surface area (Å²) in [5.74, 6) is 0. The van der Waals surface area contributed by atoms with E-state index in [0.29, 0.717) is 5.11 Å². The van der Waals surface area contributed by atoms with Gasteiger partial charge in [-0.25, -0.2) is 0 Å². The van der Waals surface area contributed by atoms with Gasteiger partial charge in [-0.15, -0.1) is 0 Å². The van der Waals surface area contributed by atoms with Crippen molar-refractivity contribution in [1.29, 1.82) is 0 Å². The predicted octanol–water partition coefficient (Wildman–Crippen LogP) is 5.02. The fourth-order valence-electron chi connectivity index (χ4n) is 4.45. The van der Waals surface area contributed by atoms with E-state index in [1.54, 1.807) is 18.3 Å². The molecule has 0 aliphatic carbocycles. The summed E-state index contributed by atoms with van der Waals surface area (Å²) in [5, 5.41) is 15.2. The molecule has 2 aromatic heterocycles. The number of benzene rings is 2. The first-order valence-electron chi connectivity index (χ1n) is 11.1. The Bertz CT molecular complexity index is 1350. The number of nitrogens with one attached hydrogen (secondary N) is 1. The third-order valence-corrected chi connectivity index (χ3v) is 6.48. The van der Waals surface area contributed by atoms with Crippen LogP contribution in [0.5, 0.6) is 0 Å². The van der Waals surface area contributed by atoms with Gasteiger partial charge in [0.25, 0.3) is 5.69 Å². The molecule has 0 bridgehead atoms. The molecule has 8 nitrogen and oxygen atoms in total. The van der Waals surface area contributed by atoms with Gasteiger partial charge in [0.05, 0.1) is 16.7 Å². The molecular formula is C26H24N6O2S. The summed E-state index contributed by atoms with van der Waals surface area (Å²) in [4.78, 5) is 19.5. The first-order valence-corrected chi connectivity index (χ1v) is 11.5. The molecule has 1 aliphatic rings. The molecule has 0 radical (unpaired) electrons. The zero-order chi connectivity index (χ0) is 24.5. The number of rotatable bonds is 6. The lowest BCUT2D eigenvalue weighted by atomic mass is 10.0. The van der Waals surface area contributed by atoms with E-state index in [1.807, 2.05) is 49.1 Å². The standard InChI is InChI=1S/C26H24N6O2S/c1-29(2)18-8-12-20(13-9-18)31-25(24(28-26(31)35)22-6-3-4-16-27-22)23-7-5-17-30(23)19-10-14-21(15-11-19)32(33)34/h3-17,24-25H,1-2H3,(H,28,35)/t24-,25-/m1/s1. The molecule has 2 atom stereocenters. The van der Waals surface area contributed by atoms with Gasteiger partial charge in [0.1, 0.15) is 6.04 Å². The second-order valence-corrected chi connectivity index (χ2v) is 8.87. The van der Waals surface area contributed by atoms with Crippen molar-refractivity contribution in [1.82, 2.24) is 14.9 Å². The zero-order valence-electron chi connectivity index (χ0n) is 19.3. The molecule has 176 valence electrons. The van der Waals surface area contributed by atoms with Crippen LogP contribution in [0.1, 0.15) is 23.5 Å². The van der Waals surface area contributed by atoms with Crippen LogP contribution in [0.2, 0.25) is 0 Å². The maximum atomic E-state index is 11.1. The van der Waals surface area contributed by atoms with E-state index in [2.05, 4.69) is 50.4 Å². The van der Waals surface area contributed by atoms with Gasteiger partial charge in [-0.1, -0.05) is 6.07 Å². The molecule has 4 aromatic rings. The van der Waals surface area contributed by atoms with Gasteiger partial charge in [0.15, 0.2) is 5.11 Å². The molecule has 0 saturated carbocycles. The van der Waals surface area contributed by atoms with Gasteiger partial charge < -0.3 is 19.7 Å². The predicted molar refractivity (Wildman–Crippen MR) is 141 cm³/mol. The SMILES string of the molecule is CN(C)c1ccc(N2C(=S)N[C@H](c3ccccn3)[C@H]2c2cccn2-c2ccc([N+](=O)[O-])cc2)cc1. The Morgan fingerprint density at radius 2 is 1.69 bits per heavy atom. The summed E-state index contributed by atoms with van der Waals surface area (Å²) in [5.41, 5.74) is 4.81. The van der Waals surface area contributed by atoms with Crippen LogP contribution < -0.4 is 15.1 Å². The lowest BCUT2D eigenvalue weighted by Crippen LogP contribution is -2.30. The Labute approximate surface area is 208 Å². The number of hydrogen-bond donors (Lipinski definition) is 1. The lowest BCUT2D eigenvalue weighted by Gasteiger charge is -2.29. The fraction of sp³-hybridized carbons (Fsp3) is 0.154. The molecule has 0 amide bonds. The normalized spacial score (nSPS) is 17.3. The van der Waals surface area contributed by atoms with Crippen LogP contribution in [0.15, 0.2) is 91.3 Å². The number of aromatic nitrogens is 2. The Balaban J connectivity index is 1.62. The van der Waals surface area contributed by atoms with Crippen molar-refractivity contribution in [3.8, 4) is 5.69 Å². The smallest absolute Gasteiger partial charge is 0.269 e. The van der Waals surface area contributed by atoms with Crippen molar-refractivity contribution in [3.63, 3.8) is 0 Å². The minimum absolute atomic E-state index is 0.0557. The van der Waals surface area contributed by atoms with E-state index >= 15 is 0 Å². The quantitative estimate of drug-likeness (QED) is 0.234. The molecule has 5 rings (SSSR count). The van der Waals surface area contributed by atoms with E-state index in [4.69, 9.17) is 12.2 Å². The summed E-state index contributed by atoms with van der Waals surface area (Å²) in [6.45, 7) is 0. The first kappa shape index (κ1) is 22.5. The van der Waals surface area contributed by atoms with Crippen LogP contribution in [0.4, 0.5) is 17.1 Å². The van der Waals surface area contributed by atoms with Crippen molar-refractivity contribution in [2.75, 3.05) is 23.9 Å². The largest absolute Gasteiger partial charge is 0.378 e. The molecule has 1 aliphatic heterocycles. The summed E-state index contributed by atoms with van der Waals surface area (Å²) >= 11 is 5.83. The van der Waals surface area contributed by atoms with Crippen molar-refractivity contribution in [2.24, 2.45) is 0 Å². The Hall–Kier alpha value is -4.24. The first-order chi connectivity index (χ1) is 16.9. The van der Waals surface area contributed by atoms with Crippen LogP contribution in [-0.2, 0) is 0 Å². The summed E-state index contributed by atoms with van der Waals surface area (Å²) in [6, 6.07) is 24.3. The molecule has 0 unspecified atom stereocenters. The minimum atomic E-state index is -0.393. The third-order valence-electron chi connectivity index (χ3n) is 6.16. The molecule has 35 heavy (non-hydrogen) atoms. The number of pyridine rings is 1. The highest BCUT2D eigenvalue weighted by atomic mass is 32.1. The number of thiocarbonyl (C=S) groups is 1. The topological polar surface area (TPSA) is 79.5 Å². The zero-order valence-corrected chi connectivity index (χ0v) is 20.1. The van der Waals surface area contributed by atoms with Crippen molar-refractivity contribution < 1.29 is 4.92 Å². The van der Waals surface area contributed by atoms with Gasteiger partial charge in [0, 0.05) is 61.4 Å². The van der Waals surface area contributed by atoms with Crippen molar-refractivity contribution in [3.05, 3.63) is 113 Å².